The molecular formula is C15H27N3O. The van der Waals surface area contributed by atoms with Crippen LogP contribution in [0.1, 0.15) is 77.4 Å². The van der Waals surface area contributed by atoms with Crippen molar-refractivity contribution in [3.63, 3.8) is 0 Å². The zero-order chi connectivity index (χ0) is 13.9. The third kappa shape index (κ3) is 4.30. The number of nitrogens with one attached hydrogen (secondary N) is 1. The van der Waals surface area contributed by atoms with Crippen molar-refractivity contribution in [2.24, 2.45) is 5.92 Å². The Morgan fingerprint density at radius 1 is 1.21 bits per heavy atom. The Balaban J connectivity index is 1.87. The van der Waals surface area contributed by atoms with Crippen LogP contribution in [0.4, 0.5) is 0 Å². The molecule has 1 aliphatic carbocycles. The number of hydrogen-bond acceptors (Lipinski definition) is 4. The second-order valence-corrected chi connectivity index (χ2v) is 6.78. The van der Waals surface area contributed by atoms with E-state index in [1.807, 2.05) is 0 Å². The second kappa shape index (κ2) is 6.04. The minimum Gasteiger partial charge on any atom is -0.338 e. The molecule has 19 heavy (non-hydrogen) atoms. The van der Waals surface area contributed by atoms with Crippen LogP contribution in [-0.4, -0.2) is 15.7 Å². The maximum atomic E-state index is 5.34. The minimum atomic E-state index is 0.0772. The summed E-state index contributed by atoms with van der Waals surface area (Å²) >= 11 is 0. The summed E-state index contributed by atoms with van der Waals surface area (Å²) in [5.41, 5.74) is 0.0772. The van der Waals surface area contributed by atoms with Gasteiger partial charge in [-0.15, -0.1) is 0 Å². The first-order valence-corrected chi connectivity index (χ1v) is 7.55. The molecule has 108 valence electrons. The highest BCUT2D eigenvalue weighted by atomic mass is 16.5. The van der Waals surface area contributed by atoms with Gasteiger partial charge in [-0.2, -0.15) is 4.98 Å². The molecule has 0 unspecified atom stereocenters. The average Bonchev–Trinajstić information content (AvgIpc) is 2.84. The number of rotatable bonds is 4. The molecule has 4 heteroatoms. The smallest absolute Gasteiger partial charge is 0.240 e. The van der Waals surface area contributed by atoms with Crippen LogP contribution in [-0.2, 0) is 6.54 Å². The lowest BCUT2D eigenvalue weighted by atomic mass is 9.80. The van der Waals surface area contributed by atoms with Crippen LogP contribution in [0.25, 0.3) is 0 Å². The van der Waals surface area contributed by atoms with Crippen molar-refractivity contribution in [1.29, 1.82) is 0 Å². The molecule has 0 atom stereocenters. The van der Waals surface area contributed by atoms with Crippen LogP contribution >= 0.6 is 0 Å². The summed E-state index contributed by atoms with van der Waals surface area (Å²) in [6.45, 7) is 9.35. The zero-order valence-electron chi connectivity index (χ0n) is 12.7. The van der Waals surface area contributed by atoms with E-state index in [9.17, 15) is 0 Å². The van der Waals surface area contributed by atoms with Gasteiger partial charge < -0.3 is 9.84 Å². The summed E-state index contributed by atoms with van der Waals surface area (Å²) in [7, 11) is 0. The third-order valence-electron chi connectivity index (χ3n) is 4.04. The van der Waals surface area contributed by atoms with E-state index in [-0.39, 0.29) is 5.54 Å². The average molecular weight is 265 g/mol. The summed E-state index contributed by atoms with van der Waals surface area (Å²) in [6.07, 6.45) is 6.35. The van der Waals surface area contributed by atoms with Gasteiger partial charge >= 0.3 is 0 Å². The van der Waals surface area contributed by atoms with Crippen molar-refractivity contribution >= 4 is 0 Å². The quantitative estimate of drug-likeness (QED) is 0.903. The Kier molecular flexibility index (Phi) is 4.61. The van der Waals surface area contributed by atoms with Crippen LogP contribution in [0.15, 0.2) is 4.52 Å². The predicted octanol–water partition coefficient (Wildman–Crippen LogP) is 3.64. The summed E-state index contributed by atoms with van der Waals surface area (Å²) in [4.78, 5) is 4.55. The Hall–Kier alpha value is -0.900. The van der Waals surface area contributed by atoms with Crippen molar-refractivity contribution in [3.8, 4) is 0 Å². The van der Waals surface area contributed by atoms with E-state index in [0.29, 0.717) is 18.4 Å². The van der Waals surface area contributed by atoms with Crippen molar-refractivity contribution < 1.29 is 4.52 Å². The summed E-state index contributed by atoms with van der Waals surface area (Å²) in [5.74, 6) is 3.04. The molecule has 4 nitrogen and oxygen atoms in total. The van der Waals surface area contributed by atoms with Gasteiger partial charge in [0.05, 0.1) is 6.54 Å². The zero-order valence-corrected chi connectivity index (χ0v) is 12.7. The summed E-state index contributed by atoms with van der Waals surface area (Å²) in [5, 5.41) is 7.54. The van der Waals surface area contributed by atoms with Crippen LogP contribution in [0.2, 0.25) is 0 Å². The minimum absolute atomic E-state index is 0.0772. The van der Waals surface area contributed by atoms with Gasteiger partial charge in [-0.1, -0.05) is 18.5 Å². The molecule has 0 aliphatic heterocycles. The van der Waals surface area contributed by atoms with Crippen LogP contribution in [0.5, 0.6) is 0 Å². The third-order valence-corrected chi connectivity index (χ3v) is 4.04. The van der Waals surface area contributed by atoms with E-state index < -0.39 is 0 Å². The van der Waals surface area contributed by atoms with Crippen LogP contribution < -0.4 is 5.32 Å². The fourth-order valence-electron chi connectivity index (χ4n) is 2.68. The Labute approximate surface area is 116 Å². The van der Waals surface area contributed by atoms with Gasteiger partial charge in [0.2, 0.25) is 5.89 Å². The molecule has 0 radical (unpaired) electrons. The van der Waals surface area contributed by atoms with E-state index >= 15 is 0 Å². The fraction of sp³-hybridized carbons (Fsp3) is 0.867. The molecule has 1 heterocycles. The maximum Gasteiger partial charge on any atom is 0.240 e. The SMILES string of the molecule is CCC1CCC(c2noc(CNC(C)(C)C)n2)CC1. The van der Waals surface area contributed by atoms with Gasteiger partial charge in [-0.05, 0) is 52.4 Å². The van der Waals surface area contributed by atoms with E-state index in [1.54, 1.807) is 0 Å². The van der Waals surface area contributed by atoms with E-state index in [1.165, 1.54) is 32.1 Å². The van der Waals surface area contributed by atoms with E-state index in [4.69, 9.17) is 4.52 Å². The highest BCUT2D eigenvalue weighted by Crippen LogP contribution is 2.35. The van der Waals surface area contributed by atoms with Crippen molar-refractivity contribution in [2.75, 3.05) is 0 Å². The Bertz CT molecular complexity index is 386. The molecule has 0 spiro atoms. The van der Waals surface area contributed by atoms with Crippen molar-refractivity contribution in [2.45, 2.75) is 77.8 Å². The molecular weight excluding hydrogens is 238 g/mol. The molecule has 0 bridgehead atoms. The molecule has 0 saturated heterocycles. The first-order chi connectivity index (χ1) is 8.98. The molecule has 0 aromatic carbocycles. The van der Waals surface area contributed by atoms with Gasteiger partial charge in [0.25, 0.3) is 0 Å². The maximum absolute atomic E-state index is 5.34. The molecule has 1 aromatic rings. The second-order valence-electron chi connectivity index (χ2n) is 6.78. The molecule has 1 fully saturated rings. The van der Waals surface area contributed by atoms with E-state index in [2.05, 4.69) is 43.2 Å². The molecule has 2 rings (SSSR count). The highest BCUT2D eigenvalue weighted by Gasteiger charge is 2.25. The van der Waals surface area contributed by atoms with Gasteiger partial charge in [0, 0.05) is 11.5 Å². The molecule has 1 N–H and O–H groups in total. The lowest BCUT2D eigenvalue weighted by Crippen LogP contribution is -2.35. The van der Waals surface area contributed by atoms with Gasteiger partial charge in [-0.25, -0.2) is 0 Å². The monoisotopic (exact) mass is 265 g/mol. The van der Waals surface area contributed by atoms with Crippen molar-refractivity contribution in [1.82, 2.24) is 15.5 Å². The normalized spacial score (nSPS) is 24.6. The molecule has 0 amide bonds. The van der Waals surface area contributed by atoms with E-state index in [0.717, 1.165) is 11.7 Å². The lowest BCUT2D eigenvalue weighted by molar-refractivity contribution is 0.300. The number of aromatic nitrogens is 2. The largest absolute Gasteiger partial charge is 0.338 e. The number of nitrogens with zero attached hydrogens (tertiary/aromatic N) is 2. The molecule has 1 saturated carbocycles. The van der Waals surface area contributed by atoms with Crippen LogP contribution in [0, 0.1) is 5.92 Å². The summed E-state index contributed by atoms with van der Waals surface area (Å²) in [6, 6.07) is 0. The Morgan fingerprint density at radius 3 is 2.47 bits per heavy atom. The summed E-state index contributed by atoms with van der Waals surface area (Å²) < 4.78 is 5.34. The first-order valence-electron chi connectivity index (χ1n) is 7.55. The topological polar surface area (TPSA) is 51.0 Å². The molecule has 1 aliphatic rings. The van der Waals surface area contributed by atoms with Gasteiger partial charge in [-0.3, -0.25) is 0 Å². The highest BCUT2D eigenvalue weighted by molar-refractivity contribution is 4.98. The first kappa shape index (κ1) is 14.5. The fourth-order valence-corrected chi connectivity index (χ4v) is 2.68. The van der Waals surface area contributed by atoms with Crippen LogP contribution in [0.3, 0.4) is 0 Å². The van der Waals surface area contributed by atoms with Crippen molar-refractivity contribution in [3.05, 3.63) is 11.7 Å². The van der Waals surface area contributed by atoms with Gasteiger partial charge in [0.15, 0.2) is 5.82 Å². The lowest BCUT2D eigenvalue weighted by Gasteiger charge is -2.25. The predicted molar refractivity (Wildman–Crippen MR) is 75.9 cm³/mol. The standard InChI is InChI=1S/C15H27N3O/c1-5-11-6-8-12(9-7-11)14-17-13(19-18-14)10-16-15(2,3)4/h11-12,16H,5-10H2,1-4H3. The molecule has 1 aromatic heterocycles. The number of hydrogen-bond donors (Lipinski definition) is 1. The van der Waals surface area contributed by atoms with Gasteiger partial charge in [0.1, 0.15) is 0 Å². The Morgan fingerprint density at radius 2 is 1.89 bits per heavy atom.